The first-order chi connectivity index (χ1) is 6.99. The van der Waals surface area contributed by atoms with Gasteiger partial charge in [0.15, 0.2) is 6.04 Å². The topological polar surface area (TPSA) is 12.5 Å². The molecule has 0 N–H and O–H groups in total. The monoisotopic (exact) mass is 239 g/mol. The van der Waals surface area contributed by atoms with Crippen molar-refractivity contribution < 1.29 is 18.0 Å². The van der Waals surface area contributed by atoms with E-state index >= 15 is 0 Å². The Morgan fingerprint density at radius 2 is 2.20 bits per heavy atom. The van der Waals surface area contributed by atoms with E-state index in [0.29, 0.717) is 5.75 Å². The summed E-state index contributed by atoms with van der Waals surface area (Å²) < 4.78 is 37.5. The minimum Gasteiger partial charge on any atom is -0.276 e. The second-order valence-electron chi connectivity index (χ2n) is 3.03. The third kappa shape index (κ3) is 3.17. The van der Waals surface area contributed by atoms with Crippen LogP contribution in [0.15, 0.2) is 23.9 Å². The van der Waals surface area contributed by atoms with Crippen molar-refractivity contribution in [2.75, 3.05) is 19.1 Å². The normalized spacial score (nSPS) is 21.8. The number of thioether (sulfide) groups is 1. The van der Waals surface area contributed by atoms with Gasteiger partial charge in [0.05, 0.1) is 7.11 Å². The molecule has 0 aromatic rings. The Balaban J connectivity index is 2.79. The largest absolute Gasteiger partial charge is 0.414 e. The van der Waals surface area contributed by atoms with Crippen LogP contribution in [0, 0.1) is 0 Å². The quantitative estimate of drug-likeness (QED) is 0.751. The number of alkyl halides is 3. The molecule has 0 aromatic carbocycles. The number of rotatable bonds is 3. The SMILES string of the molecule is CON1C=C(CSC)C=CC1C(F)(F)F. The molecule has 1 aliphatic heterocycles. The van der Waals surface area contributed by atoms with Crippen LogP contribution < -0.4 is 0 Å². The molecule has 86 valence electrons. The highest BCUT2D eigenvalue weighted by Gasteiger charge is 2.42. The fourth-order valence-electron chi connectivity index (χ4n) is 1.26. The Morgan fingerprint density at radius 3 is 2.67 bits per heavy atom. The number of allylic oxidation sites excluding steroid dienone is 1. The Hall–Kier alpha value is -0.620. The smallest absolute Gasteiger partial charge is 0.276 e. The summed E-state index contributed by atoms with van der Waals surface area (Å²) in [6.07, 6.45) is 1.56. The van der Waals surface area contributed by atoms with Crippen LogP contribution in [-0.4, -0.2) is 36.4 Å². The first-order valence-corrected chi connectivity index (χ1v) is 5.65. The second-order valence-corrected chi connectivity index (χ2v) is 3.89. The molecule has 0 radical (unpaired) electrons. The van der Waals surface area contributed by atoms with Crippen LogP contribution in [0.4, 0.5) is 13.2 Å². The zero-order valence-electron chi connectivity index (χ0n) is 8.41. The van der Waals surface area contributed by atoms with Gasteiger partial charge in [0.2, 0.25) is 0 Å². The Labute approximate surface area is 90.7 Å². The highest BCUT2D eigenvalue weighted by atomic mass is 32.2. The average Bonchev–Trinajstić information content (AvgIpc) is 2.16. The summed E-state index contributed by atoms with van der Waals surface area (Å²) in [6, 6.07) is -1.69. The van der Waals surface area contributed by atoms with Gasteiger partial charge in [-0.1, -0.05) is 12.2 Å². The summed E-state index contributed by atoms with van der Waals surface area (Å²) in [5, 5.41) is 0.825. The van der Waals surface area contributed by atoms with Crippen LogP contribution >= 0.6 is 11.8 Å². The lowest BCUT2D eigenvalue weighted by molar-refractivity contribution is -0.230. The molecule has 15 heavy (non-hydrogen) atoms. The molecule has 0 saturated carbocycles. The van der Waals surface area contributed by atoms with E-state index in [0.717, 1.165) is 16.7 Å². The maximum Gasteiger partial charge on any atom is 0.414 e. The first kappa shape index (κ1) is 12.4. The van der Waals surface area contributed by atoms with E-state index in [4.69, 9.17) is 0 Å². The van der Waals surface area contributed by atoms with Gasteiger partial charge in [-0.2, -0.15) is 24.9 Å². The molecule has 1 aliphatic rings. The molecular formula is C9H12F3NOS. The van der Waals surface area contributed by atoms with Crippen molar-refractivity contribution in [2.24, 2.45) is 0 Å². The predicted molar refractivity (Wildman–Crippen MR) is 54.3 cm³/mol. The zero-order chi connectivity index (χ0) is 11.5. The lowest BCUT2D eigenvalue weighted by Crippen LogP contribution is -2.42. The predicted octanol–water partition coefficient (Wildman–Crippen LogP) is 2.60. The van der Waals surface area contributed by atoms with Crippen molar-refractivity contribution in [3.8, 4) is 0 Å². The summed E-state index contributed by atoms with van der Waals surface area (Å²) in [7, 11) is 1.23. The molecule has 6 heteroatoms. The number of nitrogens with zero attached hydrogens (tertiary/aromatic N) is 1. The van der Waals surface area contributed by atoms with Crippen LogP contribution in [0.5, 0.6) is 0 Å². The molecule has 0 saturated heterocycles. The average molecular weight is 239 g/mol. The Bertz CT molecular complexity index is 275. The second kappa shape index (κ2) is 4.94. The van der Waals surface area contributed by atoms with Gasteiger partial charge < -0.3 is 0 Å². The molecule has 0 bridgehead atoms. The van der Waals surface area contributed by atoms with Gasteiger partial charge in [-0.3, -0.25) is 4.84 Å². The molecule has 0 spiro atoms. The van der Waals surface area contributed by atoms with E-state index in [-0.39, 0.29) is 0 Å². The van der Waals surface area contributed by atoms with Gasteiger partial charge in [-0.15, -0.1) is 0 Å². The van der Waals surface area contributed by atoms with Gasteiger partial charge in [-0.05, 0) is 11.8 Å². The maximum absolute atomic E-state index is 12.5. The first-order valence-electron chi connectivity index (χ1n) is 4.26. The minimum absolute atomic E-state index is 0.668. The molecule has 0 aromatic heterocycles. The molecule has 2 nitrogen and oxygen atoms in total. The van der Waals surface area contributed by atoms with Crippen molar-refractivity contribution in [1.82, 2.24) is 5.06 Å². The molecule has 1 unspecified atom stereocenters. The third-order valence-corrected chi connectivity index (χ3v) is 2.54. The molecule has 1 heterocycles. The van der Waals surface area contributed by atoms with Crippen molar-refractivity contribution >= 4 is 11.8 Å². The summed E-state index contributed by atoms with van der Waals surface area (Å²) in [5.74, 6) is 0.668. The Kier molecular flexibility index (Phi) is 4.10. The number of hydroxylamine groups is 2. The van der Waals surface area contributed by atoms with Crippen LogP contribution in [0.3, 0.4) is 0 Å². The summed E-state index contributed by atoms with van der Waals surface area (Å²) >= 11 is 1.55. The van der Waals surface area contributed by atoms with E-state index in [2.05, 4.69) is 4.84 Å². The fourth-order valence-corrected chi connectivity index (χ4v) is 1.76. The summed E-state index contributed by atoms with van der Waals surface area (Å²) in [5.41, 5.74) is 0.810. The third-order valence-electron chi connectivity index (χ3n) is 1.92. The Morgan fingerprint density at radius 1 is 1.53 bits per heavy atom. The molecule has 0 aliphatic carbocycles. The standard InChI is InChI=1S/C9H12F3NOS/c1-14-13-5-7(6-15-2)3-4-8(13)9(10,11)12/h3-5,8H,6H2,1-2H3. The van der Waals surface area contributed by atoms with Crippen molar-refractivity contribution in [2.45, 2.75) is 12.2 Å². The highest BCUT2D eigenvalue weighted by molar-refractivity contribution is 7.98. The van der Waals surface area contributed by atoms with Crippen LogP contribution in [-0.2, 0) is 4.84 Å². The molecule has 0 fully saturated rings. The van der Waals surface area contributed by atoms with Crippen LogP contribution in [0.25, 0.3) is 0 Å². The van der Waals surface area contributed by atoms with Crippen molar-refractivity contribution in [1.29, 1.82) is 0 Å². The van der Waals surface area contributed by atoms with Gasteiger partial charge in [0, 0.05) is 12.0 Å². The van der Waals surface area contributed by atoms with E-state index in [1.807, 2.05) is 6.26 Å². The van der Waals surface area contributed by atoms with E-state index in [9.17, 15) is 13.2 Å². The molecule has 1 atom stereocenters. The van der Waals surface area contributed by atoms with Crippen molar-refractivity contribution in [3.05, 3.63) is 23.9 Å². The number of hydrogen-bond acceptors (Lipinski definition) is 3. The van der Waals surface area contributed by atoms with Crippen LogP contribution in [0.2, 0.25) is 0 Å². The van der Waals surface area contributed by atoms with Gasteiger partial charge in [0.1, 0.15) is 0 Å². The van der Waals surface area contributed by atoms with Gasteiger partial charge in [-0.25, -0.2) is 5.06 Å². The highest BCUT2D eigenvalue weighted by Crippen LogP contribution is 2.29. The lowest BCUT2D eigenvalue weighted by atomic mass is 10.1. The summed E-state index contributed by atoms with van der Waals surface area (Å²) in [6.45, 7) is 0. The minimum atomic E-state index is -4.31. The molecule has 1 rings (SSSR count). The van der Waals surface area contributed by atoms with E-state index in [1.54, 1.807) is 11.8 Å². The fraction of sp³-hybridized carbons (Fsp3) is 0.556. The lowest BCUT2D eigenvalue weighted by Gasteiger charge is -2.30. The maximum atomic E-state index is 12.5. The summed E-state index contributed by atoms with van der Waals surface area (Å²) in [4.78, 5) is 4.68. The van der Waals surface area contributed by atoms with E-state index < -0.39 is 12.2 Å². The molecule has 0 amide bonds. The van der Waals surface area contributed by atoms with E-state index in [1.165, 1.54) is 19.4 Å². The number of halogens is 3. The zero-order valence-corrected chi connectivity index (χ0v) is 9.23. The van der Waals surface area contributed by atoms with Crippen molar-refractivity contribution in [3.63, 3.8) is 0 Å². The van der Waals surface area contributed by atoms with Gasteiger partial charge >= 0.3 is 6.18 Å². The number of hydrogen-bond donors (Lipinski definition) is 0. The van der Waals surface area contributed by atoms with Gasteiger partial charge in [0.25, 0.3) is 0 Å². The van der Waals surface area contributed by atoms with Crippen LogP contribution in [0.1, 0.15) is 0 Å². The molecular weight excluding hydrogens is 227 g/mol.